The van der Waals surface area contributed by atoms with Gasteiger partial charge >= 0.3 is 6.18 Å². The second-order valence-electron chi connectivity index (χ2n) is 15.5. The second kappa shape index (κ2) is 17.6. The Labute approximate surface area is 305 Å². The summed E-state index contributed by atoms with van der Waals surface area (Å²) >= 11 is 0. The van der Waals surface area contributed by atoms with Crippen LogP contribution in [0, 0.1) is 11.3 Å². The summed E-state index contributed by atoms with van der Waals surface area (Å²) in [6, 6.07) is 16.8. The number of allylic oxidation sites excluding steroid dienone is 2. The number of benzene rings is 2. The van der Waals surface area contributed by atoms with Crippen LogP contribution in [0.2, 0.25) is 0 Å². The average Bonchev–Trinajstić information content (AvgIpc) is 3.04. The Morgan fingerprint density at radius 2 is 1.67 bits per heavy atom. The highest BCUT2D eigenvalue weighted by molar-refractivity contribution is 5.85. The van der Waals surface area contributed by atoms with Gasteiger partial charge in [0.2, 0.25) is 0 Å². The third-order valence-electron chi connectivity index (χ3n) is 10.8. The van der Waals surface area contributed by atoms with E-state index in [9.17, 15) is 13.2 Å². The van der Waals surface area contributed by atoms with Gasteiger partial charge in [-0.2, -0.15) is 13.2 Å². The molecule has 1 N–H and O–H groups in total. The van der Waals surface area contributed by atoms with E-state index in [1.54, 1.807) is 7.11 Å². The Morgan fingerprint density at radius 3 is 2.24 bits per heavy atom. The summed E-state index contributed by atoms with van der Waals surface area (Å²) in [6.45, 7) is 14.1. The van der Waals surface area contributed by atoms with E-state index in [1.807, 2.05) is 17.0 Å². The fourth-order valence-corrected chi connectivity index (χ4v) is 7.92. The summed E-state index contributed by atoms with van der Waals surface area (Å²) in [5.74, 6) is 1.51. The lowest BCUT2D eigenvalue weighted by Gasteiger charge is -2.46. The topological polar surface area (TPSA) is 37.0 Å². The largest absolute Gasteiger partial charge is 0.497 e. The first-order valence-electron chi connectivity index (χ1n) is 17.6. The number of rotatable bonds is 12. The maximum Gasteiger partial charge on any atom is 0.395 e. The van der Waals surface area contributed by atoms with Gasteiger partial charge < -0.3 is 19.7 Å². The smallest absolute Gasteiger partial charge is 0.395 e. The van der Waals surface area contributed by atoms with E-state index in [-0.39, 0.29) is 42.4 Å². The van der Waals surface area contributed by atoms with Crippen molar-refractivity contribution >= 4 is 30.4 Å². The molecule has 276 valence electrons. The van der Waals surface area contributed by atoms with Gasteiger partial charge in [0, 0.05) is 57.8 Å². The highest BCUT2D eigenvalue weighted by atomic mass is 35.5. The Morgan fingerprint density at radius 1 is 1.00 bits per heavy atom. The van der Waals surface area contributed by atoms with E-state index in [4.69, 9.17) is 9.47 Å². The molecule has 5 nitrogen and oxygen atoms in total. The van der Waals surface area contributed by atoms with Gasteiger partial charge in [-0.1, -0.05) is 42.5 Å². The minimum atomic E-state index is -4.29. The first kappa shape index (κ1) is 41.6. The van der Waals surface area contributed by atoms with Crippen molar-refractivity contribution in [2.75, 3.05) is 59.5 Å². The average molecular weight is 729 g/mol. The van der Waals surface area contributed by atoms with Crippen molar-refractivity contribution in [1.82, 2.24) is 15.1 Å². The zero-order valence-electron chi connectivity index (χ0n) is 30.0. The summed E-state index contributed by atoms with van der Waals surface area (Å²) < 4.78 is 54.1. The number of nitrogens with zero attached hydrogens (tertiary/aromatic N) is 2. The molecule has 1 unspecified atom stereocenters. The van der Waals surface area contributed by atoms with Gasteiger partial charge in [0.1, 0.15) is 5.75 Å². The van der Waals surface area contributed by atoms with Gasteiger partial charge in [-0.15, -0.1) is 24.8 Å². The first-order chi connectivity index (χ1) is 22.3. The quantitative estimate of drug-likeness (QED) is 0.236. The first-order valence-corrected chi connectivity index (χ1v) is 17.6. The number of methoxy groups -OCH3 is 1. The lowest BCUT2D eigenvalue weighted by molar-refractivity contribution is -0.217. The second-order valence-corrected chi connectivity index (χ2v) is 15.5. The van der Waals surface area contributed by atoms with Crippen LogP contribution in [0.15, 0.2) is 54.6 Å². The summed E-state index contributed by atoms with van der Waals surface area (Å²) in [7, 11) is 1.66. The Bertz CT molecular complexity index is 1330. The van der Waals surface area contributed by atoms with E-state index in [1.165, 1.54) is 43.5 Å². The van der Waals surface area contributed by atoms with Crippen LogP contribution in [0.1, 0.15) is 82.9 Å². The zero-order valence-corrected chi connectivity index (χ0v) is 31.7. The van der Waals surface area contributed by atoms with Crippen LogP contribution >= 0.6 is 24.8 Å². The lowest BCUT2D eigenvalue weighted by Crippen LogP contribution is -2.47. The van der Waals surface area contributed by atoms with Crippen LogP contribution in [-0.4, -0.2) is 81.1 Å². The number of ether oxygens (including phenoxy) is 2. The third-order valence-corrected chi connectivity index (χ3v) is 10.8. The van der Waals surface area contributed by atoms with Crippen molar-refractivity contribution in [3.8, 4) is 5.75 Å². The van der Waals surface area contributed by atoms with Gasteiger partial charge in [0.05, 0.1) is 18.1 Å². The Hall–Kier alpha value is -1.81. The summed E-state index contributed by atoms with van der Waals surface area (Å²) in [6.07, 6.45) is 3.91. The number of hydrogen-bond donors (Lipinski definition) is 1. The third kappa shape index (κ3) is 11.1. The van der Waals surface area contributed by atoms with Crippen LogP contribution < -0.4 is 10.1 Å². The van der Waals surface area contributed by atoms with Crippen LogP contribution in [0.3, 0.4) is 0 Å². The molecule has 0 amide bonds. The van der Waals surface area contributed by atoms with Gasteiger partial charge in [0.15, 0.2) is 0 Å². The number of hydrogen-bond acceptors (Lipinski definition) is 5. The molecule has 2 aliphatic heterocycles. The molecule has 2 aromatic carbocycles. The minimum Gasteiger partial charge on any atom is -0.497 e. The van der Waals surface area contributed by atoms with Crippen molar-refractivity contribution in [1.29, 1.82) is 0 Å². The highest BCUT2D eigenvalue weighted by Gasteiger charge is 2.48. The van der Waals surface area contributed by atoms with E-state index >= 15 is 0 Å². The fraction of sp³-hybridized carbons (Fsp3) is 0.641. The Balaban J connectivity index is 0.00000325. The predicted molar refractivity (Wildman–Crippen MR) is 199 cm³/mol. The zero-order chi connectivity index (χ0) is 33.7. The van der Waals surface area contributed by atoms with Crippen molar-refractivity contribution in [3.63, 3.8) is 0 Å². The van der Waals surface area contributed by atoms with E-state index in [0.29, 0.717) is 25.6 Å². The molecule has 0 spiro atoms. The Kier molecular flexibility index (Phi) is 15.0. The predicted octanol–water partition coefficient (Wildman–Crippen LogP) is 8.94. The monoisotopic (exact) mass is 727 g/mol. The van der Waals surface area contributed by atoms with E-state index in [2.05, 4.69) is 66.5 Å². The SMILES string of the molecule is COc1ccc([C@]2(CCN(Cc3ccc(C4=CCC(CN5CCNCC5)CC4)cc3)CC(C)(C)C(F)(F)F)CCOC(C)(C)C2)cc1.Cl.Cl. The number of nitrogens with one attached hydrogen (secondary N) is 1. The molecular weight excluding hydrogens is 670 g/mol. The van der Waals surface area contributed by atoms with Crippen LogP contribution in [0.4, 0.5) is 13.2 Å². The van der Waals surface area contributed by atoms with Crippen LogP contribution in [-0.2, 0) is 16.7 Å². The molecule has 0 radical (unpaired) electrons. The fourth-order valence-electron chi connectivity index (χ4n) is 7.92. The highest BCUT2D eigenvalue weighted by Crippen LogP contribution is 2.45. The summed E-state index contributed by atoms with van der Waals surface area (Å²) in [5, 5.41) is 3.44. The summed E-state index contributed by atoms with van der Waals surface area (Å²) in [5.41, 5.74) is 2.53. The molecule has 49 heavy (non-hydrogen) atoms. The van der Waals surface area contributed by atoms with E-state index < -0.39 is 11.6 Å². The van der Waals surface area contributed by atoms with Crippen molar-refractivity contribution in [3.05, 3.63) is 71.3 Å². The van der Waals surface area contributed by atoms with Gasteiger partial charge in [0.25, 0.3) is 0 Å². The van der Waals surface area contributed by atoms with Crippen molar-refractivity contribution < 1.29 is 22.6 Å². The molecule has 2 heterocycles. The van der Waals surface area contributed by atoms with Crippen LogP contribution in [0.25, 0.3) is 5.57 Å². The van der Waals surface area contributed by atoms with E-state index in [0.717, 1.165) is 69.6 Å². The number of halogens is 5. The standard InChI is InChI=1S/C39H56F3N3O2.2ClH/c1-36(2,39(40,41)42)29-45(22-18-38(19-25-47-37(3,4)28-38)34-14-16-35(46-5)17-15-34)27-31-8-12-33(13-9-31)32-10-6-30(7-11-32)26-44-23-20-43-21-24-44;;/h8-10,12-17,30,43H,6-7,11,18-29H2,1-5H3;2*1H/t30?,38-;;/m1../s1. The molecule has 2 saturated heterocycles. The molecule has 2 aromatic rings. The maximum atomic E-state index is 14.2. The lowest BCUT2D eigenvalue weighted by atomic mass is 9.67. The van der Waals surface area contributed by atoms with Gasteiger partial charge in [-0.25, -0.2) is 0 Å². The maximum absolute atomic E-state index is 14.2. The number of alkyl halides is 3. The molecule has 1 aliphatic carbocycles. The molecule has 0 aromatic heterocycles. The minimum absolute atomic E-state index is 0. The van der Waals surface area contributed by atoms with Gasteiger partial charge in [-0.3, -0.25) is 4.90 Å². The molecular formula is C39H58Cl2F3N3O2. The number of piperazine rings is 1. The normalized spacial score (nSPS) is 23.3. The van der Waals surface area contributed by atoms with Crippen molar-refractivity contribution in [2.24, 2.45) is 11.3 Å². The molecule has 5 rings (SSSR count). The molecule has 2 fully saturated rings. The molecule has 10 heteroatoms. The van der Waals surface area contributed by atoms with Crippen molar-refractivity contribution in [2.45, 2.75) is 90.0 Å². The molecule has 2 atom stereocenters. The molecule has 0 saturated carbocycles. The molecule has 3 aliphatic rings. The summed E-state index contributed by atoms with van der Waals surface area (Å²) in [4.78, 5) is 4.61. The molecule has 0 bridgehead atoms. The van der Waals surface area contributed by atoms with Gasteiger partial charge in [-0.05, 0) is 113 Å². The van der Waals surface area contributed by atoms with Crippen LogP contribution in [0.5, 0.6) is 5.75 Å².